The minimum Gasteiger partial charge on any atom is -0.504 e. The number of benzene rings is 1. The van der Waals surface area contributed by atoms with Crippen LogP contribution in [-0.2, 0) is 6.54 Å². The lowest BCUT2D eigenvalue weighted by Gasteiger charge is -2.17. The van der Waals surface area contributed by atoms with Crippen molar-refractivity contribution in [1.82, 2.24) is 4.90 Å². The van der Waals surface area contributed by atoms with Crippen LogP contribution in [0.1, 0.15) is 16.1 Å². The summed E-state index contributed by atoms with van der Waals surface area (Å²) in [6.45, 7) is 0.336. The van der Waals surface area contributed by atoms with E-state index in [0.717, 1.165) is 0 Å². The predicted octanol–water partition coefficient (Wildman–Crippen LogP) is 2.27. The maximum Gasteiger partial charge on any atom is 0.257 e. The molecule has 0 unspecified atom stereocenters. The van der Waals surface area contributed by atoms with E-state index in [0.29, 0.717) is 12.3 Å². The molecule has 19 heavy (non-hydrogen) atoms. The Balaban J connectivity index is 2.19. The van der Waals surface area contributed by atoms with Gasteiger partial charge in [0.1, 0.15) is 5.76 Å². The summed E-state index contributed by atoms with van der Waals surface area (Å²) in [5.41, 5.74) is 0.202. The molecule has 0 fully saturated rings. The lowest BCUT2D eigenvalue weighted by molar-refractivity contribution is 0.0772. The number of phenols is 1. The molecule has 0 saturated carbocycles. The summed E-state index contributed by atoms with van der Waals surface area (Å²) in [7, 11) is 3.08. The summed E-state index contributed by atoms with van der Waals surface area (Å²) in [5.74, 6) is 0.504. The van der Waals surface area contributed by atoms with Gasteiger partial charge >= 0.3 is 0 Å². The first-order valence-electron chi connectivity index (χ1n) is 5.77. The number of furan rings is 1. The number of ether oxygens (including phenoxy) is 1. The minimum atomic E-state index is -0.298. The molecule has 2 aromatic rings. The Kier molecular flexibility index (Phi) is 3.75. The van der Waals surface area contributed by atoms with Crippen LogP contribution in [0.3, 0.4) is 0 Å². The first-order chi connectivity index (χ1) is 9.13. The molecule has 1 heterocycles. The topological polar surface area (TPSA) is 62.9 Å². The number of rotatable bonds is 4. The first kappa shape index (κ1) is 13.0. The van der Waals surface area contributed by atoms with Gasteiger partial charge in [0, 0.05) is 7.05 Å². The van der Waals surface area contributed by atoms with Crippen molar-refractivity contribution >= 4 is 5.91 Å². The summed E-state index contributed by atoms with van der Waals surface area (Å²) in [4.78, 5) is 13.7. The van der Waals surface area contributed by atoms with Crippen LogP contribution in [-0.4, -0.2) is 30.1 Å². The van der Waals surface area contributed by atoms with Crippen molar-refractivity contribution in [2.75, 3.05) is 14.2 Å². The molecule has 0 bridgehead atoms. The number of para-hydroxylation sites is 1. The average Bonchev–Trinajstić information content (AvgIpc) is 2.91. The lowest BCUT2D eigenvalue weighted by Crippen LogP contribution is -2.26. The molecule has 2 rings (SSSR count). The number of amides is 1. The third kappa shape index (κ3) is 2.70. The SMILES string of the molecule is COc1cccc(C(=O)N(C)Cc2ccco2)c1O. The van der Waals surface area contributed by atoms with Crippen LogP contribution in [0.4, 0.5) is 0 Å². The van der Waals surface area contributed by atoms with Crippen LogP contribution in [0.2, 0.25) is 0 Å². The second kappa shape index (κ2) is 5.48. The molecule has 0 saturated heterocycles. The van der Waals surface area contributed by atoms with Crippen molar-refractivity contribution in [2.45, 2.75) is 6.54 Å². The van der Waals surface area contributed by atoms with Crippen LogP contribution in [0.5, 0.6) is 11.5 Å². The van der Waals surface area contributed by atoms with E-state index in [1.54, 1.807) is 43.6 Å². The number of carbonyl (C=O) groups excluding carboxylic acids is 1. The normalized spacial score (nSPS) is 10.2. The summed E-state index contributed by atoms with van der Waals surface area (Å²) < 4.78 is 10.2. The Morgan fingerprint density at radius 3 is 2.79 bits per heavy atom. The minimum absolute atomic E-state index is 0.152. The molecule has 0 aliphatic heterocycles. The fourth-order valence-electron chi connectivity index (χ4n) is 1.77. The van der Waals surface area contributed by atoms with Gasteiger partial charge in [-0.25, -0.2) is 0 Å². The molecule has 0 atom stereocenters. The highest BCUT2D eigenvalue weighted by molar-refractivity contribution is 5.97. The van der Waals surface area contributed by atoms with Crippen molar-refractivity contribution in [2.24, 2.45) is 0 Å². The summed E-state index contributed by atoms with van der Waals surface area (Å²) in [6.07, 6.45) is 1.55. The molecule has 0 aliphatic rings. The average molecular weight is 261 g/mol. The van der Waals surface area contributed by atoms with Gasteiger partial charge in [-0.15, -0.1) is 0 Å². The van der Waals surface area contributed by atoms with Gasteiger partial charge < -0.3 is 19.2 Å². The molecule has 1 aromatic carbocycles. The first-order valence-corrected chi connectivity index (χ1v) is 5.77. The zero-order valence-electron chi connectivity index (χ0n) is 10.8. The molecule has 0 aliphatic carbocycles. The number of hydrogen-bond donors (Lipinski definition) is 1. The van der Waals surface area contributed by atoms with Crippen LogP contribution in [0, 0.1) is 0 Å². The number of aromatic hydroxyl groups is 1. The highest BCUT2D eigenvalue weighted by Gasteiger charge is 2.19. The van der Waals surface area contributed by atoms with Gasteiger partial charge in [0.25, 0.3) is 5.91 Å². The molecule has 100 valence electrons. The van der Waals surface area contributed by atoms with Crippen molar-refractivity contribution in [3.8, 4) is 11.5 Å². The number of hydrogen-bond acceptors (Lipinski definition) is 4. The zero-order chi connectivity index (χ0) is 13.8. The third-order valence-electron chi connectivity index (χ3n) is 2.77. The molecule has 1 N–H and O–H groups in total. The Labute approximate surface area is 111 Å². The summed E-state index contributed by atoms with van der Waals surface area (Å²) in [6, 6.07) is 8.36. The largest absolute Gasteiger partial charge is 0.504 e. The molecule has 5 heteroatoms. The van der Waals surface area contributed by atoms with Gasteiger partial charge in [-0.1, -0.05) is 6.07 Å². The Hall–Kier alpha value is -2.43. The van der Waals surface area contributed by atoms with Crippen LogP contribution in [0.15, 0.2) is 41.0 Å². The van der Waals surface area contributed by atoms with Gasteiger partial charge in [0.05, 0.1) is 25.5 Å². The van der Waals surface area contributed by atoms with Crippen molar-refractivity contribution in [3.63, 3.8) is 0 Å². The van der Waals surface area contributed by atoms with E-state index in [1.807, 2.05) is 0 Å². The van der Waals surface area contributed by atoms with E-state index in [2.05, 4.69) is 0 Å². The number of methoxy groups -OCH3 is 1. The smallest absolute Gasteiger partial charge is 0.257 e. The van der Waals surface area contributed by atoms with Crippen LogP contribution >= 0.6 is 0 Å². The van der Waals surface area contributed by atoms with Crippen LogP contribution < -0.4 is 4.74 Å². The highest BCUT2D eigenvalue weighted by atomic mass is 16.5. The Morgan fingerprint density at radius 1 is 1.37 bits per heavy atom. The maximum atomic E-state index is 12.2. The quantitative estimate of drug-likeness (QED) is 0.917. The fraction of sp³-hybridized carbons (Fsp3) is 0.214. The number of nitrogens with zero attached hydrogens (tertiary/aromatic N) is 1. The van der Waals surface area contributed by atoms with E-state index >= 15 is 0 Å². The van der Waals surface area contributed by atoms with Crippen molar-refractivity contribution in [1.29, 1.82) is 0 Å². The standard InChI is InChI=1S/C14H15NO4/c1-15(9-10-5-4-8-19-10)14(17)11-6-3-7-12(18-2)13(11)16/h3-8,16H,9H2,1-2H3. The van der Waals surface area contributed by atoms with E-state index in [1.165, 1.54) is 12.0 Å². The lowest BCUT2D eigenvalue weighted by atomic mass is 10.1. The number of phenolic OH excluding ortho intramolecular Hbond substituents is 1. The molecule has 0 spiro atoms. The second-order valence-corrected chi connectivity index (χ2v) is 4.10. The zero-order valence-corrected chi connectivity index (χ0v) is 10.8. The van der Waals surface area contributed by atoms with Crippen LogP contribution in [0.25, 0.3) is 0 Å². The predicted molar refractivity (Wildman–Crippen MR) is 69.2 cm³/mol. The molecule has 5 nitrogen and oxygen atoms in total. The van der Waals surface area contributed by atoms with E-state index in [4.69, 9.17) is 9.15 Å². The molecule has 1 amide bonds. The molecule has 1 aromatic heterocycles. The second-order valence-electron chi connectivity index (χ2n) is 4.10. The maximum absolute atomic E-state index is 12.2. The van der Waals surface area contributed by atoms with Gasteiger partial charge in [-0.2, -0.15) is 0 Å². The third-order valence-corrected chi connectivity index (χ3v) is 2.77. The highest BCUT2D eigenvalue weighted by Crippen LogP contribution is 2.30. The summed E-state index contributed by atoms with van der Waals surface area (Å²) >= 11 is 0. The molecular formula is C14H15NO4. The van der Waals surface area contributed by atoms with Gasteiger partial charge in [0.2, 0.25) is 0 Å². The fourth-order valence-corrected chi connectivity index (χ4v) is 1.77. The Morgan fingerprint density at radius 2 is 2.16 bits per heavy atom. The molecule has 0 radical (unpaired) electrons. The number of carbonyl (C=O) groups is 1. The van der Waals surface area contributed by atoms with E-state index in [9.17, 15) is 9.90 Å². The van der Waals surface area contributed by atoms with Gasteiger partial charge in [0.15, 0.2) is 11.5 Å². The van der Waals surface area contributed by atoms with E-state index in [-0.39, 0.29) is 23.0 Å². The summed E-state index contributed by atoms with van der Waals surface area (Å²) in [5, 5.41) is 9.94. The molecular weight excluding hydrogens is 246 g/mol. The monoisotopic (exact) mass is 261 g/mol. The van der Waals surface area contributed by atoms with Gasteiger partial charge in [-0.3, -0.25) is 4.79 Å². The van der Waals surface area contributed by atoms with Gasteiger partial charge in [-0.05, 0) is 24.3 Å². The Bertz CT molecular complexity index is 563. The van der Waals surface area contributed by atoms with Crippen molar-refractivity contribution < 1.29 is 19.1 Å². The van der Waals surface area contributed by atoms with Crippen molar-refractivity contribution in [3.05, 3.63) is 47.9 Å². The van der Waals surface area contributed by atoms with E-state index < -0.39 is 0 Å².